The van der Waals surface area contributed by atoms with Gasteiger partial charge in [-0.05, 0) is 11.6 Å². The molecule has 0 aromatic heterocycles. The van der Waals surface area contributed by atoms with Crippen molar-refractivity contribution in [3.05, 3.63) is 38.4 Å². The number of carbonyl (C=O) groups is 2. The van der Waals surface area contributed by atoms with Gasteiger partial charge in [0.25, 0.3) is 5.69 Å². The van der Waals surface area contributed by atoms with Crippen molar-refractivity contribution in [3.8, 4) is 0 Å². The molecule has 108 valence electrons. The minimum atomic E-state index is -0.647. The van der Waals surface area contributed by atoms with Gasteiger partial charge < -0.3 is 9.47 Å². The van der Waals surface area contributed by atoms with Gasteiger partial charge in [0.05, 0.1) is 37.0 Å². The molecule has 0 heterocycles. The van der Waals surface area contributed by atoms with Gasteiger partial charge in [0.15, 0.2) is 0 Å². The van der Waals surface area contributed by atoms with Gasteiger partial charge in [0.2, 0.25) is 0 Å². The molecule has 0 fully saturated rings. The topological polar surface area (TPSA) is 95.7 Å². The average Bonchev–Trinajstić information content (AvgIpc) is 2.41. The van der Waals surface area contributed by atoms with Crippen molar-refractivity contribution >= 4 is 29.2 Å². The Bertz CT molecular complexity index is 557. The summed E-state index contributed by atoms with van der Waals surface area (Å²) in [6.45, 7) is 0. The third-order valence-electron chi connectivity index (χ3n) is 2.57. The number of nitrogens with zero attached hydrogens (tertiary/aromatic N) is 1. The maximum absolute atomic E-state index is 11.3. The lowest BCUT2D eigenvalue weighted by Crippen LogP contribution is -2.10. The highest BCUT2D eigenvalue weighted by molar-refractivity contribution is 6.31. The number of esters is 2. The average molecular weight is 302 g/mol. The van der Waals surface area contributed by atoms with Crippen LogP contribution in [0.3, 0.4) is 0 Å². The molecule has 0 aliphatic heterocycles. The first-order valence-corrected chi connectivity index (χ1v) is 5.86. The Hall–Kier alpha value is -2.15. The summed E-state index contributed by atoms with van der Waals surface area (Å²) in [6.07, 6.45) is -0.417. The quantitative estimate of drug-likeness (QED) is 0.466. The summed E-state index contributed by atoms with van der Waals surface area (Å²) in [7, 11) is 2.40. The lowest BCUT2D eigenvalue weighted by molar-refractivity contribution is -0.385. The lowest BCUT2D eigenvalue weighted by Gasteiger charge is -2.07. The van der Waals surface area contributed by atoms with Crippen molar-refractivity contribution < 1.29 is 24.0 Å². The fraction of sp³-hybridized carbons (Fsp3) is 0.333. The number of ether oxygens (including phenoxy) is 2. The van der Waals surface area contributed by atoms with Gasteiger partial charge in [0.1, 0.15) is 0 Å². The number of benzene rings is 1. The molecule has 0 radical (unpaired) electrons. The number of carbonyl (C=O) groups excluding carboxylic acids is 2. The zero-order valence-electron chi connectivity index (χ0n) is 10.8. The van der Waals surface area contributed by atoms with Crippen LogP contribution in [0, 0.1) is 10.1 Å². The maximum atomic E-state index is 11.3. The normalized spacial score (nSPS) is 9.95. The summed E-state index contributed by atoms with van der Waals surface area (Å²) in [5.74, 6) is -1.16. The molecule has 0 unspecified atom stereocenters. The predicted molar refractivity (Wildman–Crippen MR) is 69.5 cm³/mol. The summed E-state index contributed by atoms with van der Waals surface area (Å²) >= 11 is 5.89. The number of nitro benzene ring substituents is 1. The van der Waals surface area contributed by atoms with Crippen LogP contribution >= 0.6 is 11.6 Å². The van der Waals surface area contributed by atoms with Gasteiger partial charge in [-0.3, -0.25) is 19.7 Å². The molecule has 1 aromatic rings. The van der Waals surface area contributed by atoms with E-state index in [0.29, 0.717) is 5.56 Å². The fourth-order valence-electron chi connectivity index (χ4n) is 1.56. The van der Waals surface area contributed by atoms with Crippen LogP contribution in [0.1, 0.15) is 11.1 Å². The standard InChI is InChI=1S/C12H12ClNO6/c1-19-11(15)4-7-3-8(5-12(16)20-2)10(14(17)18)6-9(7)13/h3,6H,4-5H2,1-2H3. The number of methoxy groups -OCH3 is 2. The molecule has 1 rings (SSSR count). The maximum Gasteiger partial charge on any atom is 0.310 e. The molecule has 7 nitrogen and oxygen atoms in total. The van der Waals surface area contributed by atoms with Crippen LogP contribution < -0.4 is 0 Å². The molecule has 0 spiro atoms. The number of rotatable bonds is 5. The Morgan fingerprint density at radius 3 is 2.10 bits per heavy atom. The first-order chi connectivity index (χ1) is 9.38. The van der Waals surface area contributed by atoms with E-state index in [9.17, 15) is 19.7 Å². The molecule has 0 saturated carbocycles. The first kappa shape index (κ1) is 15.9. The summed E-state index contributed by atoms with van der Waals surface area (Å²) in [6, 6.07) is 2.45. The summed E-state index contributed by atoms with van der Waals surface area (Å²) in [5, 5.41) is 11.0. The Balaban J connectivity index is 3.22. The molecule has 0 amide bonds. The number of nitro groups is 1. The van der Waals surface area contributed by atoms with E-state index in [-0.39, 0.29) is 29.1 Å². The predicted octanol–water partition coefficient (Wildman–Crippen LogP) is 1.68. The zero-order chi connectivity index (χ0) is 15.3. The Labute approximate surface area is 119 Å². The first-order valence-electron chi connectivity index (χ1n) is 5.48. The van der Waals surface area contributed by atoms with E-state index in [1.54, 1.807) is 0 Å². The third-order valence-corrected chi connectivity index (χ3v) is 2.92. The van der Waals surface area contributed by atoms with Crippen LogP contribution in [0.4, 0.5) is 5.69 Å². The molecular weight excluding hydrogens is 290 g/mol. The molecule has 0 aliphatic rings. The van der Waals surface area contributed by atoms with Crippen molar-refractivity contribution in [2.24, 2.45) is 0 Å². The van der Waals surface area contributed by atoms with Crippen molar-refractivity contribution in [3.63, 3.8) is 0 Å². The van der Waals surface area contributed by atoms with Crippen molar-refractivity contribution in [2.45, 2.75) is 12.8 Å². The van der Waals surface area contributed by atoms with Crippen molar-refractivity contribution in [1.29, 1.82) is 0 Å². The van der Waals surface area contributed by atoms with Gasteiger partial charge in [0, 0.05) is 11.6 Å². The Morgan fingerprint density at radius 1 is 1.15 bits per heavy atom. The van der Waals surface area contributed by atoms with E-state index in [4.69, 9.17) is 11.6 Å². The lowest BCUT2D eigenvalue weighted by atomic mass is 10.0. The number of hydrogen-bond donors (Lipinski definition) is 0. The van der Waals surface area contributed by atoms with E-state index >= 15 is 0 Å². The summed E-state index contributed by atoms with van der Waals surface area (Å²) in [5.41, 5.74) is 0.183. The molecule has 20 heavy (non-hydrogen) atoms. The van der Waals surface area contributed by atoms with Gasteiger partial charge in [-0.15, -0.1) is 0 Å². The summed E-state index contributed by atoms with van der Waals surface area (Å²) < 4.78 is 8.98. The molecule has 0 saturated heterocycles. The number of hydrogen-bond acceptors (Lipinski definition) is 6. The minimum absolute atomic E-state index is 0.0655. The van der Waals surface area contributed by atoms with E-state index in [2.05, 4.69) is 9.47 Å². The molecule has 1 aromatic carbocycles. The zero-order valence-corrected chi connectivity index (χ0v) is 11.6. The van der Waals surface area contributed by atoms with Crippen molar-refractivity contribution in [1.82, 2.24) is 0 Å². The second kappa shape index (κ2) is 6.85. The largest absolute Gasteiger partial charge is 0.469 e. The molecule has 0 atom stereocenters. The molecule has 0 bridgehead atoms. The molecule has 0 aliphatic carbocycles. The molecule has 8 heteroatoms. The Kier molecular flexibility index (Phi) is 5.45. The van der Waals surface area contributed by atoms with Gasteiger partial charge in [-0.25, -0.2) is 0 Å². The minimum Gasteiger partial charge on any atom is -0.469 e. The molecule has 0 N–H and O–H groups in total. The second-order valence-electron chi connectivity index (χ2n) is 3.84. The van der Waals surface area contributed by atoms with Gasteiger partial charge in [-0.2, -0.15) is 0 Å². The summed E-state index contributed by atoms with van der Waals surface area (Å²) in [4.78, 5) is 32.8. The van der Waals surface area contributed by atoms with Crippen LogP contribution in [0.15, 0.2) is 12.1 Å². The van der Waals surface area contributed by atoms with Crippen LogP contribution in [0.5, 0.6) is 0 Å². The highest BCUT2D eigenvalue weighted by Gasteiger charge is 2.21. The monoisotopic (exact) mass is 301 g/mol. The van der Waals surface area contributed by atoms with E-state index in [1.165, 1.54) is 20.3 Å². The fourth-order valence-corrected chi connectivity index (χ4v) is 1.79. The van der Waals surface area contributed by atoms with E-state index in [1.807, 2.05) is 0 Å². The van der Waals surface area contributed by atoms with Crippen LogP contribution in [0.25, 0.3) is 0 Å². The highest BCUT2D eigenvalue weighted by Crippen LogP contribution is 2.28. The molecular formula is C12H12ClNO6. The van der Waals surface area contributed by atoms with Crippen LogP contribution in [-0.4, -0.2) is 31.1 Å². The van der Waals surface area contributed by atoms with Gasteiger partial charge >= 0.3 is 11.9 Å². The van der Waals surface area contributed by atoms with Crippen molar-refractivity contribution in [2.75, 3.05) is 14.2 Å². The smallest absolute Gasteiger partial charge is 0.310 e. The third kappa shape index (κ3) is 3.92. The van der Waals surface area contributed by atoms with Crippen LogP contribution in [0.2, 0.25) is 5.02 Å². The Morgan fingerprint density at radius 2 is 1.65 bits per heavy atom. The SMILES string of the molecule is COC(=O)Cc1cc(CC(=O)OC)c([N+](=O)[O-])cc1Cl. The van der Waals surface area contributed by atoms with Gasteiger partial charge in [-0.1, -0.05) is 11.6 Å². The number of halogens is 1. The second-order valence-corrected chi connectivity index (χ2v) is 4.24. The van der Waals surface area contributed by atoms with E-state index in [0.717, 1.165) is 6.07 Å². The highest BCUT2D eigenvalue weighted by atomic mass is 35.5. The van der Waals surface area contributed by atoms with E-state index < -0.39 is 16.9 Å². The van der Waals surface area contributed by atoms with Crippen LogP contribution in [-0.2, 0) is 31.9 Å².